The minimum Gasteiger partial charge on any atom is -0.504 e. The first kappa shape index (κ1) is 21.7. The van der Waals surface area contributed by atoms with Crippen molar-refractivity contribution in [1.82, 2.24) is 0 Å². The predicted molar refractivity (Wildman–Crippen MR) is 123 cm³/mol. The van der Waals surface area contributed by atoms with Gasteiger partial charge in [-0.25, -0.2) is 0 Å². The van der Waals surface area contributed by atoms with E-state index in [1.54, 1.807) is 18.2 Å². The van der Waals surface area contributed by atoms with Gasteiger partial charge in [0.15, 0.2) is 11.5 Å². The molecule has 0 aliphatic rings. The standard InChI is InChI=1S/C24H25N3O4/c1-15-8-10-18(25-23(29)16-6-5-7-19(12-16)27(2)3)14-20(15)26-24(30)17-9-11-21(28)22(13-17)31-4/h5-14,28H,1-4H3,(H,25,29)(H,26,30). The van der Waals surface area contributed by atoms with E-state index < -0.39 is 0 Å². The largest absolute Gasteiger partial charge is 0.504 e. The van der Waals surface area contributed by atoms with E-state index in [1.807, 2.05) is 50.2 Å². The number of phenols is 1. The Hall–Kier alpha value is -4.00. The van der Waals surface area contributed by atoms with Gasteiger partial charge in [0.2, 0.25) is 0 Å². The Labute approximate surface area is 181 Å². The van der Waals surface area contributed by atoms with E-state index in [-0.39, 0.29) is 23.3 Å². The monoisotopic (exact) mass is 419 g/mol. The summed E-state index contributed by atoms with van der Waals surface area (Å²) in [5.41, 5.74) is 3.76. The molecular weight excluding hydrogens is 394 g/mol. The van der Waals surface area contributed by atoms with E-state index in [0.717, 1.165) is 11.3 Å². The summed E-state index contributed by atoms with van der Waals surface area (Å²) in [6.45, 7) is 1.86. The van der Waals surface area contributed by atoms with Crippen LogP contribution in [0.4, 0.5) is 17.1 Å². The number of carbonyl (C=O) groups is 2. The normalized spacial score (nSPS) is 10.3. The van der Waals surface area contributed by atoms with Crippen LogP contribution in [0.2, 0.25) is 0 Å². The van der Waals surface area contributed by atoms with Crippen LogP contribution in [-0.4, -0.2) is 38.1 Å². The summed E-state index contributed by atoms with van der Waals surface area (Å²) in [6.07, 6.45) is 0. The van der Waals surface area contributed by atoms with Crippen LogP contribution in [0, 0.1) is 6.92 Å². The van der Waals surface area contributed by atoms with Gasteiger partial charge >= 0.3 is 0 Å². The van der Waals surface area contributed by atoms with Gasteiger partial charge in [-0.2, -0.15) is 0 Å². The first-order valence-corrected chi connectivity index (χ1v) is 9.66. The summed E-state index contributed by atoms with van der Waals surface area (Å²) >= 11 is 0. The molecule has 0 aliphatic heterocycles. The lowest BCUT2D eigenvalue weighted by atomic mass is 10.1. The number of nitrogens with one attached hydrogen (secondary N) is 2. The highest BCUT2D eigenvalue weighted by atomic mass is 16.5. The molecule has 0 fully saturated rings. The molecule has 0 bridgehead atoms. The molecule has 7 heteroatoms. The lowest BCUT2D eigenvalue weighted by Crippen LogP contribution is -2.15. The van der Waals surface area contributed by atoms with Crippen molar-refractivity contribution in [1.29, 1.82) is 0 Å². The third-order valence-electron chi connectivity index (χ3n) is 4.81. The molecule has 0 radical (unpaired) electrons. The van der Waals surface area contributed by atoms with Crippen LogP contribution >= 0.6 is 0 Å². The van der Waals surface area contributed by atoms with E-state index in [4.69, 9.17) is 4.74 Å². The molecule has 160 valence electrons. The van der Waals surface area contributed by atoms with E-state index in [2.05, 4.69) is 10.6 Å². The van der Waals surface area contributed by atoms with E-state index in [1.165, 1.54) is 25.3 Å². The van der Waals surface area contributed by atoms with Crippen molar-refractivity contribution in [3.63, 3.8) is 0 Å². The van der Waals surface area contributed by atoms with Crippen LogP contribution in [-0.2, 0) is 0 Å². The summed E-state index contributed by atoms with van der Waals surface area (Å²) in [4.78, 5) is 27.3. The van der Waals surface area contributed by atoms with Crippen LogP contribution < -0.4 is 20.3 Å². The quantitative estimate of drug-likeness (QED) is 0.555. The fourth-order valence-electron chi connectivity index (χ4n) is 2.98. The van der Waals surface area contributed by atoms with Crippen molar-refractivity contribution in [2.75, 3.05) is 36.7 Å². The van der Waals surface area contributed by atoms with Crippen LogP contribution in [0.5, 0.6) is 11.5 Å². The minimum absolute atomic E-state index is 0.0433. The fourth-order valence-corrected chi connectivity index (χ4v) is 2.98. The molecule has 0 aliphatic carbocycles. The number of phenolic OH excluding ortho intramolecular Hbond substituents is 1. The number of hydrogen-bond acceptors (Lipinski definition) is 5. The number of carbonyl (C=O) groups excluding carboxylic acids is 2. The van der Waals surface area contributed by atoms with Crippen molar-refractivity contribution < 1.29 is 19.4 Å². The second-order valence-electron chi connectivity index (χ2n) is 7.27. The molecule has 0 spiro atoms. The second-order valence-corrected chi connectivity index (χ2v) is 7.27. The number of amides is 2. The van der Waals surface area contributed by atoms with Gasteiger partial charge in [0.1, 0.15) is 0 Å². The van der Waals surface area contributed by atoms with Crippen molar-refractivity contribution in [2.45, 2.75) is 6.92 Å². The molecule has 31 heavy (non-hydrogen) atoms. The van der Waals surface area contributed by atoms with E-state index >= 15 is 0 Å². The fraction of sp³-hybridized carbons (Fsp3) is 0.167. The molecule has 0 saturated heterocycles. The van der Waals surface area contributed by atoms with Gasteiger partial charge in [-0.15, -0.1) is 0 Å². The van der Waals surface area contributed by atoms with E-state index in [0.29, 0.717) is 22.5 Å². The summed E-state index contributed by atoms with van der Waals surface area (Å²) in [5.74, 6) is -0.430. The number of aryl methyl sites for hydroxylation is 1. The lowest BCUT2D eigenvalue weighted by Gasteiger charge is -2.14. The average Bonchev–Trinajstić information content (AvgIpc) is 2.76. The number of hydrogen-bond donors (Lipinski definition) is 3. The first-order chi connectivity index (χ1) is 14.8. The highest BCUT2D eigenvalue weighted by Crippen LogP contribution is 2.27. The molecule has 0 aromatic heterocycles. The zero-order valence-corrected chi connectivity index (χ0v) is 17.9. The van der Waals surface area contributed by atoms with Crippen LogP contribution in [0.15, 0.2) is 60.7 Å². The Morgan fingerprint density at radius 1 is 0.903 bits per heavy atom. The molecular formula is C24H25N3O4. The number of anilines is 3. The van der Waals surface area contributed by atoms with Crippen molar-refractivity contribution >= 4 is 28.9 Å². The zero-order valence-electron chi connectivity index (χ0n) is 17.9. The highest BCUT2D eigenvalue weighted by Gasteiger charge is 2.13. The Bertz CT molecular complexity index is 1130. The smallest absolute Gasteiger partial charge is 0.255 e. The Balaban J connectivity index is 1.78. The first-order valence-electron chi connectivity index (χ1n) is 9.66. The molecule has 2 amide bonds. The van der Waals surface area contributed by atoms with Crippen LogP contribution in [0.1, 0.15) is 26.3 Å². The maximum absolute atomic E-state index is 12.7. The minimum atomic E-state index is -0.358. The number of methoxy groups -OCH3 is 1. The third-order valence-corrected chi connectivity index (χ3v) is 4.81. The van der Waals surface area contributed by atoms with Crippen molar-refractivity contribution in [3.8, 4) is 11.5 Å². The Morgan fingerprint density at radius 3 is 2.32 bits per heavy atom. The molecule has 0 unspecified atom stereocenters. The molecule has 7 nitrogen and oxygen atoms in total. The maximum atomic E-state index is 12.7. The summed E-state index contributed by atoms with van der Waals surface area (Å²) < 4.78 is 5.06. The van der Waals surface area contributed by atoms with Gasteiger partial charge in [0.05, 0.1) is 7.11 Å². The van der Waals surface area contributed by atoms with Gasteiger partial charge in [-0.1, -0.05) is 12.1 Å². The SMILES string of the molecule is COc1cc(C(=O)Nc2cc(NC(=O)c3cccc(N(C)C)c3)ccc2C)ccc1O. The second kappa shape index (κ2) is 9.21. The van der Waals surface area contributed by atoms with Gasteiger partial charge < -0.3 is 25.4 Å². The third kappa shape index (κ3) is 5.14. The van der Waals surface area contributed by atoms with Gasteiger partial charge in [0.25, 0.3) is 11.8 Å². The van der Waals surface area contributed by atoms with Crippen LogP contribution in [0.3, 0.4) is 0 Å². The molecule has 3 rings (SSSR count). The average molecular weight is 419 g/mol. The van der Waals surface area contributed by atoms with Gasteiger partial charge in [0, 0.05) is 42.3 Å². The highest BCUT2D eigenvalue weighted by molar-refractivity contribution is 6.07. The molecule has 3 aromatic carbocycles. The van der Waals surface area contributed by atoms with Crippen molar-refractivity contribution in [2.24, 2.45) is 0 Å². The Kier molecular flexibility index (Phi) is 6.45. The van der Waals surface area contributed by atoms with Gasteiger partial charge in [-0.3, -0.25) is 9.59 Å². The topological polar surface area (TPSA) is 90.9 Å². The number of benzene rings is 3. The number of rotatable bonds is 6. The number of aromatic hydroxyl groups is 1. The summed E-state index contributed by atoms with van der Waals surface area (Å²) in [7, 11) is 5.24. The number of ether oxygens (including phenoxy) is 1. The number of nitrogens with zero attached hydrogens (tertiary/aromatic N) is 1. The Morgan fingerprint density at radius 2 is 1.61 bits per heavy atom. The van der Waals surface area contributed by atoms with Gasteiger partial charge in [-0.05, 0) is 61.0 Å². The zero-order chi connectivity index (χ0) is 22.5. The molecule has 0 saturated carbocycles. The molecule has 3 N–H and O–H groups in total. The predicted octanol–water partition coefficient (Wildman–Crippen LogP) is 4.28. The molecule has 0 heterocycles. The summed E-state index contributed by atoms with van der Waals surface area (Å²) in [6, 6.07) is 17.0. The summed E-state index contributed by atoms with van der Waals surface area (Å²) in [5, 5.41) is 15.4. The molecule has 3 aromatic rings. The van der Waals surface area contributed by atoms with Crippen LogP contribution in [0.25, 0.3) is 0 Å². The van der Waals surface area contributed by atoms with E-state index in [9.17, 15) is 14.7 Å². The lowest BCUT2D eigenvalue weighted by molar-refractivity contribution is 0.101. The molecule has 0 atom stereocenters. The maximum Gasteiger partial charge on any atom is 0.255 e. The van der Waals surface area contributed by atoms with Crippen molar-refractivity contribution in [3.05, 3.63) is 77.4 Å².